The number of furan rings is 1. The van der Waals surface area contributed by atoms with Crippen LogP contribution in [0.4, 0.5) is 24.9 Å². The summed E-state index contributed by atoms with van der Waals surface area (Å²) in [6, 6.07) is 4.32. The van der Waals surface area contributed by atoms with E-state index >= 15 is 0 Å². The second-order valence-corrected chi connectivity index (χ2v) is 4.17. The minimum absolute atomic E-state index is 0.115. The van der Waals surface area contributed by atoms with Gasteiger partial charge in [0.2, 0.25) is 5.95 Å². The van der Waals surface area contributed by atoms with Gasteiger partial charge in [0, 0.05) is 12.6 Å². The molecule has 0 fully saturated rings. The van der Waals surface area contributed by atoms with Gasteiger partial charge in [0.15, 0.2) is 5.69 Å². The van der Waals surface area contributed by atoms with E-state index in [9.17, 15) is 13.2 Å². The van der Waals surface area contributed by atoms with Gasteiger partial charge in [-0.2, -0.15) is 18.2 Å². The quantitative estimate of drug-likeness (QED) is 0.652. The molecule has 0 saturated heterocycles. The van der Waals surface area contributed by atoms with Crippen molar-refractivity contribution in [2.24, 2.45) is 5.84 Å². The molecule has 0 bridgehead atoms. The van der Waals surface area contributed by atoms with Crippen molar-refractivity contribution in [3.8, 4) is 0 Å². The Kier molecular flexibility index (Phi) is 4.32. The van der Waals surface area contributed by atoms with Crippen LogP contribution in [0, 0.1) is 0 Å². The minimum atomic E-state index is -4.58. The van der Waals surface area contributed by atoms with Gasteiger partial charge in [-0.05, 0) is 19.1 Å². The van der Waals surface area contributed by atoms with E-state index < -0.39 is 11.9 Å². The Balaban J connectivity index is 2.35. The smallest absolute Gasteiger partial charge is 0.433 e. The van der Waals surface area contributed by atoms with Crippen molar-refractivity contribution < 1.29 is 17.6 Å². The molecule has 0 radical (unpaired) electrons. The molecule has 0 unspecified atom stereocenters. The molecule has 0 aliphatic carbocycles. The topological polar surface area (TPSA) is 80.2 Å². The number of alkyl halides is 3. The fraction of sp³-hybridized carbons (Fsp3) is 0.333. The van der Waals surface area contributed by atoms with Crippen molar-refractivity contribution in [1.29, 1.82) is 0 Å². The van der Waals surface area contributed by atoms with Gasteiger partial charge in [-0.15, -0.1) is 0 Å². The van der Waals surface area contributed by atoms with Gasteiger partial charge in [-0.1, -0.05) is 0 Å². The van der Waals surface area contributed by atoms with Crippen LogP contribution in [0.1, 0.15) is 18.4 Å². The van der Waals surface area contributed by atoms with Crippen molar-refractivity contribution >= 4 is 11.8 Å². The lowest BCUT2D eigenvalue weighted by Gasteiger charge is -2.22. The zero-order chi connectivity index (χ0) is 15.5. The van der Waals surface area contributed by atoms with Crippen LogP contribution in [0.5, 0.6) is 0 Å². The fourth-order valence-electron chi connectivity index (χ4n) is 1.75. The van der Waals surface area contributed by atoms with E-state index in [1.54, 1.807) is 24.0 Å². The Morgan fingerprint density at radius 3 is 2.67 bits per heavy atom. The molecule has 9 heteroatoms. The normalized spacial score (nSPS) is 11.5. The van der Waals surface area contributed by atoms with E-state index in [1.165, 1.54) is 6.26 Å². The number of nitrogens with one attached hydrogen (secondary N) is 1. The van der Waals surface area contributed by atoms with Gasteiger partial charge in [0.05, 0.1) is 12.8 Å². The van der Waals surface area contributed by atoms with Crippen molar-refractivity contribution in [2.75, 3.05) is 16.9 Å². The lowest BCUT2D eigenvalue weighted by molar-refractivity contribution is -0.141. The van der Waals surface area contributed by atoms with E-state index in [1.807, 2.05) is 5.43 Å². The number of hydrogen-bond acceptors (Lipinski definition) is 6. The molecule has 0 spiro atoms. The first-order chi connectivity index (χ1) is 9.94. The maximum Gasteiger partial charge on any atom is 0.433 e. The molecule has 21 heavy (non-hydrogen) atoms. The average molecular weight is 301 g/mol. The summed E-state index contributed by atoms with van der Waals surface area (Å²) in [7, 11) is 0. The molecule has 2 aromatic heterocycles. The van der Waals surface area contributed by atoms with Crippen molar-refractivity contribution in [2.45, 2.75) is 19.6 Å². The maximum absolute atomic E-state index is 12.8. The summed E-state index contributed by atoms with van der Waals surface area (Å²) < 4.78 is 43.7. The highest BCUT2D eigenvalue weighted by molar-refractivity contribution is 5.45. The highest BCUT2D eigenvalue weighted by Gasteiger charge is 2.34. The number of hydrogen-bond donors (Lipinski definition) is 2. The minimum Gasteiger partial charge on any atom is -0.467 e. The molecule has 6 nitrogen and oxygen atoms in total. The number of halogens is 3. The molecular formula is C12H14F3N5O. The van der Waals surface area contributed by atoms with Gasteiger partial charge >= 0.3 is 6.18 Å². The summed E-state index contributed by atoms with van der Waals surface area (Å²) in [4.78, 5) is 8.89. The van der Waals surface area contributed by atoms with E-state index in [0.29, 0.717) is 18.8 Å². The summed E-state index contributed by atoms with van der Waals surface area (Å²) in [6.07, 6.45) is -3.08. The summed E-state index contributed by atoms with van der Waals surface area (Å²) in [5.74, 6) is 5.57. The van der Waals surface area contributed by atoms with Crippen molar-refractivity contribution in [3.05, 3.63) is 35.9 Å². The molecule has 2 rings (SSSR count). The van der Waals surface area contributed by atoms with Gasteiger partial charge in [-0.3, -0.25) is 5.43 Å². The number of nitrogen functional groups attached to an aromatic ring is 1. The molecule has 0 aromatic carbocycles. The van der Waals surface area contributed by atoms with Crippen LogP contribution in [-0.2, 0) is 12.7 Å². The van der Waals surface area contributed by atoms with Crippen LogP contribution in [0.3, 0.4) is 0 Å². The van der Waals surface area contributed by atoms with Crippen LogP contribution in [-0.4, -0.2) is 16.5 Å². The second-order valence-electron chi connectivity index (χ2n) is 4.17. The SMILES string of the molecule is CCN(Cc1ccco1)c1cc(C(F)(F)F)nc(NN)n1. The van der Waals surface area contributed by atoms with Crippen LogP contribution in [0.15, 0.2) is 28.9 Å². The van der Waals surface area contributed by atoms with E-state index in [2.05, 4.69) is 9.97 Å². The van der Waals surface area contributed by atoms with Crippen molar-refractivity contribution in [1.82, 2.24) is 9.97 Å². The molecule has 0 aliphatic heterocycles. The first-order valence-electron chi connectivity index (χ1n) is 6.14. The maximum atomic E-state index is 12.8. The van der Waals surface area contributed by atoms with Crippen LogP contribution >= 0.6 is 0 Å². The summed E-state index contributed by atoms with van der Waals surface area (Å²) in [6.45, 7) is 2.54. The summed E-state index contributed by atoms with van der Waals surface area (Å²) in [5.41, 5.74) is 0.988. The highest BCUT2D eigenvalue weighted by Crippen LogP contribution is 2.30. The molecule has 2 aromatic rings. The molecule has 2 heterocycles. The van der Waals surface area contributed by atoms with Crippen LogP contribution < -0.4 is 16.2 Å². The van der Waals surface area contributed by atoms with Gasteiger partial charge < -0.3 is 9.32 Å². The van der Waals surface area contributed by atoms with Gasteiger partial charge in [0.1, 0.15) is 11.6 Å². The monoisotopic (exact) mass is 301 g/mol. The molecule has 0 amide bonds. The van der Waals surface area contributed by atoms with Crippen molar-refractivity contribution in [3.63, 3.8) is 0 Å². The number of hydrazine groups is 1. The standard InChI is InChI=1S/C12H14F3N5O/c1-2-20(7-8-4-3-5-21-8)10-6-9(12(13,14)15)17-11(18-10)19-16/h3-6H,2,7,16H2,1H3,(H,17,18,19). The third-order valence-electron chi connectivity index (χ3n) is 2.76. The highest BCUT2D eigenvalue weighted by atomic mass is 19.4. The van der Waals surface area contributed by atoms with Crippen LogP contribution in [0.2, 0.25) is 0 Å². The third-order valence-corrected chi connectivity index (χ3v) is 2.76. The van der Waals surface area contributed by atoms with E-state index in [-0.39, 0.29) is 11.8 Å². The average Bonchev–Trinajstić information content (AvgIpc) is 2.96. The molecule has 0 atom stereocenters. The lowest BCUT2D eigenvalue weighted by Crippen LogP contribution is -2.25. The van der Waals surface area contributed by atoms with Gasteiger partial charge in [0.25, 0.3) is 0 Å². The predicted octanol–water partition coefficient (Wildman–Crippen LogP) is 2.40. The van der Waals surface area contributed by atoms with Crippen LogP contribution in [0.25, 0.3) is 0 Å². The fourth-order valence-corrected chi connectivity index (χ4v) is 1.75. The van der Waals surface area contributed by atoms with E-state index in [0.717, 1.165) is 6.07 Å². The number of nitrogens with two attached hydrogens (primary N) is 1. The summed E-state index contributed by atoms with van der Waals surface area (Å²) >= 11 is 0. The van der Waals surface area contributed by atoms with Gasteiger partial charge in [-0.25, -0.2) is 10.8 Å². The number of anilines is 2. The number of aromatic nitrogens is 2. The third kappa shape index (κ3) is 3.63. The largest absolute Gasteiger partial charge is 0.467 e. The Bertz CT molecular complexity index is 585. The Morgan fingerprint density at radius 2 is 2.14 bits per heavy atom. The molecule has 114 valence electrons. The summed E-state index contributed by atoms with van der Waals surface area (Å²) in [5, 5.41) is 0. The molecule has 3 N–H and O–H groups in total. The second kappa shape index (κ2) is 6.00. The number of rotatable bonds is 5. The Morgan fingerprint density at radius 1 is 1.38 bits per heavy atom. The predicted molar refractivity (Wildman–Crippen MR) is 70.3 cm³/mol. The Labute approximate surface area is 118 Å². The molecule has 0 saturated carbocycles. The Hall–Kier alpha value is -2.29. The number of nitrogens with zero attached hydrogens (tertiary/aromatic N) is 3. The first kappa shape index (κ1) is 15.1. The molecule has 0 aliphatic rings. The zero-order valence-corrected chi connectivity index (χ0v) is 11.2. The zero-order valence-electron chi connectivity index (χ0n) is 11.2. The first-order valence-corrected chi connectivity index (χ1v) is 6.14. The lowest BCUT2D eigenvalue weighted by atomic mass is 10.3. The van der Waals surface area contributed by atoms with E-state index in [4.69, 9.17) is 10.3 Å². The molecular weight excluding hydrogens is 287 g/mol.